The van der Waals surface area contributed by atoms with Gasteiger partial charge >= 0.3 is 6.18 Å². The Labute approximate surface area is 209 Å². The number of hydrogen-bond donors (Lipinski definition) is 1. The van der Waals surface area contributed by atoms with Gasteiger partial charge in [0.25, 0.3) is 12.3 Å². The summed E-state index contributed by atoms with van der Waals surface area (Å²) >= 11 is 0. The van der Waals surface area contributed by atoms with Crippen LogP contribution < -0.4 is 15.0 Å². The summed E-state index contributed by atoms with van der Waals surface area (Å²) in [5.74, 6) is -0.670. The second-order valence-corrected chi connectivity index (χ2v) is 8.24. The number of pyridine rings is 2. The molecule has 4 rings (SSSR count). The summed E-state index contributed by atoms with van der Waals surface area (Å²) in [7, 11) is 0. The van der Waals surface area contributed by atoms with Gasteiger partial charge in [-0.25, -0.2) is 13.8 Å². The number of nitrogens with zero attached hydrogens (tertiary/aromatic N) is 3. The Kier molecular flexibility index (Phi) is 7.86. The van der Waals surface area contributed by atoms with E-state index in [9.17, 15) is 26.7 Å². The maximum Gasteiger partial charge on any atom is 0.416 e. The second kappa shape index (κ2) is 11.1. The number of rotatable bonds is 7. The molecular weight excluding hydrogens is 499 g/mol. The molecule has 0 aliphatic carbocycles. The number of anilines is 2. The van der Waals surface area contributed by atoms with Gasteiger partial charge in [0.2, 0.25) is 5.88 Å². The minimum atomic E-state index is -4.58. The summed E-state index contributed by atoms with van der Waals surface area (Å²) in [5, 5.41) is 2.57. The van der Waals surface area contributed by atoms with Crippen LogP contribution in [0.2, 0.25) is 0 Å². The fourth-order valence-electron chi connectivity index (χ4n) is 3.81. The summed E-state index contributed by atoms with van der Waals surface area (Å²) in [6, 6.07) is 7.45. The van der Waals surface area contributed by atoms with Crippen molar-refractivity contribution in [3.05, 3.63) is 65.6 Å². The number of alkyl halides is 5. The van der Waals surface area contributed by atoms with E-state index in [0.29, 0.717) is 48.8 Å². The number of carbonyl (C=O) groups is 1. The Morgan fingerprint density at radius 2 is 1.89 bits per heavy atom. The maximum atomic E-state index is 13.0. The van der Waals surface area contributed by atoms with E-state index in [4.69, 9.17) is 9.47 Å². The average molecular weight is 522 g/mol. The molecule has 0 saturated carbocycles. The first kappa shape index (κ1) is 26.3. The van der Waals surface area contributed by atoms with Crippen molar-refractivity contribution in [1.29, 1.82) is 0 Å². The van der Waals surface area contributed by atoms with Gasteiger partial charge in [0.1, 0.15) is 5.69 Å². The molecule has 12 heteroatoms. The first-order chi connectivity index (χ1) is 17.6. The molecule has 0 atom stereocenters. The molecule has 1 aliphatic rings. The zero-order chi connectivity index (χ0) is 26.6. The highest BCUT2D eigenvalue weighted by Gasteiger charge is 2.31. The van der Waals surface area contributed by atoms with Crippen molar-refractivity contribution in [2.75, 3.05) is 43.1 Å². The van der Waals surface area contributed by atoms with Crippen LogP contribution in [-0.4, -0.2) is 55.2 Å². The smallest absolute Gasteiger partial charge is 0.416 e. The van der Waals surface area contributed by atoms with Crippen LogP contribution in [0.5, 0.6) is 5.88 Å². The Balaban J connectivity index is 1.62. The highest BCUT2D eigenvalue weighted by Crippen LogP contribution is 2.34. The predicted octanol–water partition coefficient (Wildman–Crippen LogP) is 5.20. The Bertz CT molecular complexity index is 1260. The third-order valence-corrected chi connectivity index (χ3v) is 5.64. The second-order valence-electron chi connectivity index (χ2n) is 8.24. The molecule has 7 nitrogen and oxygen atoms in total. The van der Waals surface area contributed by atoms with Crippen molar-refractivity contribution < 1.29 is 36.2 Å². The molecule has 37 heavy (non-hydrogen) atoms. The molecule has 2 aromatic heterocycles. The molecule has 196 valence electrons. The van der Waals surface area contributed by atoms with E-state index in [1.54, 1.807) is 19.1 Å². The van der Waals surface area contributed by atoms with Crippen LogP contribution in [0.1, 0.15) is 21.6 Å². The van der Waals surface area contributed by atoms with Crippen molar-refractivity contribution in [3.63, 3.8) is 0 Å². The summed E-state index contributed by atoms with van der Waals surface area (Å²) in [6.45, 7) is 2.87. The molecule has 1 aromatic carbocycles. The van der Waals surface area contributed by atoms with Crippen LogP contribution in [0.25, 0.3) is 11.1 Å². The quantitative estimate of drug-likeness (QED) is 0.430. The number of ether oxygens (including phenoxy) is 2. The van der Waals surface area contributed by atoms with Gasteiger partial charge in [-0.15, -0.1) is 0 Å². The SMILES string of the molecule is Cc1ncc(NC(=O)c2cccc(C(F)(F)F)c2)cc1-c1cnc(OCC(F)F)c(N2CCOCC2)c1. The molecule has 1 N–H and O–H groups in total. The van der Waals surface area contributed by atoms with Crippen LogP contribution >= 0.6 is 0 Å². The van der Waals surface area contributed by atoms with Crippen LogP contribution in [0.15, 0.2) is 48.8 Å². The highest BCUT2D eigenvalue weighted by atomic mass is 19.4. The molecule has 1 amide bonds. The highest BCUT2D eigenvalue weighted by molar-refractivity contribution is 6.04. The number of benzene rings is 1. The van der Waals surface area contributed by atoms with Gasteiger partial charge in [0.15, 0.2) is 6.61 Å². The van der Waals surface area contributed by atoms with Crippen LogP contribution in [0.4, 0.5) is 33.3 Å². The topological polar surface area (TPSA) is 76.6 Å². The molecular formula is C25H23F5N4O3. The lowest BCUT2D eigenvalue weighted by Gasteiger charge is -2.30. The Morgan fingerprint density at radius 1 is 1.14 bits per heavy atom. The number of amides is 1. The number of carbonyl (C=O) groups excluding carboxylic acids is 1. The van der Waals surface area contributed by atoms with Crippen molar-refractivity contribution in [2.24, 2.45) is 0 Å². The molecule has 0 bridgehead atoms. The van der Waals surface area contributed by atoms with E-state index in [1.165, 1.54) is 18.5 Å². The monoisotopic (exact) mass is 522 g/mol. The van der Waals surface area contributed by atoms with Crippen molar-refractivity contribution in [1.82, 2.24) is 9.97 Å². The summed E-state index contributed by atoms with van der Waals surface area (Å²) in [6.07, 6.45) is -4.40. The van der Waals surface area contributed by atoms with Gasteiger partial charge in [-0.05, 0) is 37.3 Å². The van der Waals surface area contributed by atoms with Crippen molar-refractivity contribution in [2.45, 2.75) is 19.5 Å². The van der Waals surface area contributed by atoms with E-state index in [2.05, 4.69) is 15.3 Å². The van der Waals surface area contributed by atoms with E-state index in [-0.39, 0.29) is 17.1 Å². The lowest BCUT2D eigenvalue weighted by Crippen LogP contribution is -2.36. The molecule has 3 heterocycles. The Hall–Kier alpha value is -3.80. The molecule has 0 unspecified atom stereocenters. The number of morpholine rings is 1. The molecule has 1 saturated heterocycles. The average Bonchev–Trinajstić information content (AvgIpc) is 2.88. The number of aryl methyl sites for hydroxylation is 1. The molecule has 3 aromatic rings. The first-order valence-electron chi connectivity index (χ1n) is 11.3. The minimum Gasteiger partial charge on any atom is -0.470 e. The van der Waals surface area contributed by atoms with E-state index < -0.39 is 30.7 Å². The van der Waals surface area contributed by atoms with Gasteiger partial charge in [-0.2, -0.15) is 13.2 Å². The zero-order valence-corrected chi connectivity index (χ0v) is 19.7. The minimum absolute atomic E-state index is 0.0607. The normalized spacial score (nSPS) is 14.1. The fraction of sp³-hybridized carbons (Fsp3) is 0.320. The van der Waals surface area contributed by atoms with Gasteiger partial charge < -0.3 is 19.7 Å². The number of aromatic nitrogens is 2. The van der Waals surface area contributed by atoms with Gasteiger partial charge in [0, 0.05) is 41.7 Å². The summed E-state index contributed by atoms with van der Waals surface area (Å²) in [4.78, 5) is 23.1. The first-order valence-corrected chi connectivity index (χ1v) is 11.3. The molecule has 1 aliphatic heterocycles. The summed E-state index contributed by atoms with van der Waals surface area (Å²) in [5.41, 5.74) is 1.45. The largest absolute Gasteiger partial charge is 0.470 e. The van der Waals surface area contributed by atoms with E-state index >= 15 is 0 Å². The Morgan fingerprint density at radius 3 is 2.59 bits per heavy atom. The molecule has 0 radical (unpaired) electrons. The number of halogens is 5. The summed E-state index contributed by atoms with van der Waals surface area (Å²) < 4.78 is 75.2. The van der Waals surface area contributed by atoms with Crippen LogP contribution in [0.3, 0.4) is 0 Å². The third-order valence-electron chi connectivity index (χ3n) is 5.64. The zero-order valence-electron chi connectivity index (χ0n) is 19.7. The number of hydrogen-bond acceptors (Lipinski definition) is 6. The lowest BCUT2D eigenvalue weighted by atomic mass is 10.0. The van der Waals surface area contributed by atoms with Crippen LogP contribution in [-0.2, 0) is 10.9 Å². The van der Waals surface area contributed by atoms with Crippen molar-refractivity contribution in [3.8, 4) is 17.0 Å². The fourth-order valence-corrected chi connectivity index (χ4v) is 3.81. The van der Waals surface area contributed by atoms with Gasteiger partial charge in [-0.3, -0.25) is 9.78 Å². The predicted molar refractivity (Wildman–Crippen MR) is 126 cm³/mol. The molecule has 1 fully saturated rings. The van der Waals surface area contributed by atoms with Gasteiger partial charge in [-0.1, -0.05) is 6.07 Å². The van der Waals surface area contributed by atoms with Crippen molar-refractivity contribution >= 4 is 17.3 Å². The standard InChI is InChI=1S/C25H23F5N4O3/c1-15-20(11-19(13-31-15)33-23(35)16-3-2-4-18(9-16)25(28,29)30)17-10-21(34-5-7-36-8-6-34)24(32-12-17)37-14-22(26)27/h2-4,9-13,22H,5-8,14H2,1H3,(H,33,35). The maximum absolute atomic E-state index is 13.0. The third kappa shape index (κ3) is 6.50. The molecule has 0 spiro atoms. The van der Waals surface area contributed by atoms with E-state index in [0.717, 1.165) is 18.2 Å². The number of nitrogens with one attached hydrogen (secondary N) is 1. The van der Waals surface area contributed by atoms with E-state index in [1.807, 2.05) is 4.90 Å². The van der Waals surface area contributed by atoms with Crippen LogP contribution in [0, 0.1) is 6.92 Å². The van der Waals surface area contributed by atoms with Gasteiger partial charge in [0.05, 0.1) is 30.7 Å². The lowest BCUT2D eigenvalue weighted by molar-refractivity contribution is -0.137.